The first kappa shape index (κ1) is 22.3. The minimum atomic E-state index is -0.984. The van der Waals surface area contributed by atoms with Gasteiger partial charge < -0.3 is 19.5 Å². The molecular weight excluding hydrogens is 398 g/mol. The van der Waals surface area contributed by atoms with Gasteiger partial charge in [0, 0.05) is 25.1 Å². The molecule has 0 unspecified atom stereocenters. The number of hydrogen-bond donors (Lipinski definition) is 1. The molecule has 0 aliphatic carbocycles. The molecule has 1 N–H and O–H groups in total. The highest BCUT2D eigenvalue weighted by Gasteiger charge is 2.30. The van der Waals surface area contributed by atoms with Crippen LogP contribution in [-0.2, 0) is 11.4 Å². The number of carboxylic acid groups (broad SMARTS) is 1. The van der Waals surface area contributed by atoms with Gasteiger partial charge in [-0.05, 0) is 37.5 Å². The maximum Gasteiger partial charge on any atom is 0.407 e. The van der Waals surface area contributed by atoms with Gasteiger partial charge in [-0.1, -0.05) is 37.3 Å². The van der Waals surface area contributed by atoms with Gasteiger partial charge >= 0.3 is 12.1 Å². The Kier molecular flexibility index (Phi) is 7.28. The molecule has 31 heavy (non-hydrogen) atoms. The third-order valence-electron chi connectivity index (χ3n) is 5.52. The molecule has 7 heteroatoms. The Morgan fingerprint density at radius 2 is 1.74 bits per heavy atom. The van der Waals surface area contributed by atoms with E-state index >= 15 is 0 Å². The van der Waals surface area contributed by atoms with Gasteiger partial charge in [0.15, 0.2) is 5.78 Å². The number of amides is 1. The number of nitrogens with zero attached hydrogens (tertiary/aromatic N) is 1. The van der Waals surface area contributed by atoms with Crippen LogP contribution in [0.4, 0.5) is 4.79 Å². The van der Waals surface area contributed by atoms with Gasteiger partial charge in [-0.3, -0.25) is 9.59 Å². The largest absolute Gasteiger partial charge is 0.488 e. The highest BCUT2D eigenvalue weighted by molar-refractivity contribution is 6.00. The first-order valence-electron chi connectivity index (χ1n) is 10.4. The summed E-state index contributed by atoms with van der Waals surface area (Å²) in [7, 11) is 0. The zero-order valence-corrected chi connectivity index (χ0v) is 17.8. The van der Waals surface area contributed by atoms with Crippen molar-refractivity contribution in [3.63, 3.8) is 0 Å². The van der Waals surface area contributed by atoms with E-state index in [9.17, 15) is 14.4 Å². The van der Waals surface area contributed by atoms with Crippen LogP contribution in [0.2, 0.25) is 0 Å². The Balaban J connectivity index is 1.78. The molecule has 2 aromatic carbocycles. The summed E-state index contributed by atoms with van der Waals surface area (Å²) < 4.78 is 11.6. The van der Waals surface area contributed by atoms with Crippen LogP contribution in [0, 0.1) is 12.8 Å². The van der Waals surface area contributed by atoms with Crippen LogP contribution in [0.15, 0.2) is 42.5 Å². The van der Waals surface area contributed by atoms with Crippen molar-refractivity contribution in [2.75, 3.05) is 13.1 Å². The average molecular weight is 425 g/mol. The van der Waals surface area contributed by atoms with E-state index in [1.165, 1.54) is 4.90 Å². The summed E-state index contributed by atoms with van der Waals surface area (Å²) >= 11 is 0. The number of likely N-dealkylation sites (tertiary alicyclic amines) is 1. The van der Waals surface area contributed by atoms with Crippen LogP contribution in [0.1, 0.15) is 47.7 Å². The quantitative estimate of drug-likeness (QED) is 0.400. The van der Waals surface area contributed by atoms with Gasteiger partial charge in [-0.25, -0.2) is 4.79 Å². The molecule has 0 aromatic heterocycles. The molecule has 0 saturated carbocycles. The number of esters is 1. The van der Waals surface area contributed by atoms with Crippen molar-refractivity contribution in [1.29, 1.82) is 0 Å². The van der Waals surface area contributed by atoms with Crippen molar-refractivity contribution in [3.8, 4) is 11.5 Å². The van der Waals surface area contributed by atoms with Gasteiger partial charge in [0.05, 0.1) is 11.5 Å². The van der Waals surface area contributed by atoms with Crippen LogP contribution in [0.25, 0.3) is 0 Å². The van der Waals surface area contributed by atoms with Crippen molar-refractivity contribution in [3.05, 3.63) is 59.2 Å². The fourth-order valence-electron chi connectivity index (χ4n) is 3.60. The number of Topliss-reactive ketones (excluding diaryl/α,β-unsaturated/α-hetero) is 1. The highest BCUT2D eigenvalue weighted by atomic mass is 16.5. The Bertz CT molecular complexity index is 948. The normalized spacial score (nSPS) is 14.2. The molecule has 1 aliphatic rings. The summed E-state index contributed by atoms with van der Waals surface area (Å²) in [5, 5.41) is 9.08. The average Bonchev–Trinajstić information content (AvgIpc) is 2.79. The Hall–Kier alpha value is -3.35. The van der Waals surface area contributed by atoms with E-state index in [4.69, 9.17) is 14.6 Å². The van der Waals surface area contributed by atoms with E-state index in [1.54, 1.807) is 26.0 Å². The number of rotatable bonds is 7. The summed E-state index contributed by atoms with van der Waals surface area (Å²) in [4.78, 5) is 37.6. The van der Waals surface area contributed by atoms with Crippen LogP contribution in [0.5, 0.6) is 11.5 Å². The van der Waals surface area contributed by atoms with Gasteiger partial charge in [-0.2, -0.15) is 0 Å². The SMILES string of the molecule is CCC(=O)c1ccc(OCc2ccccc2)c(C)c1OC(=O)C1CCN(C(=O)O)CC1. The fraction of sp³-hybridized carbons (Fsp3) is 0.375. The molecule has 2 aromatic rings. The van der Waals surface area contributed by atoms with Crippen LogP contribution < -0.4 is 9.47 Å². The number of piperidine rings is 1. The number of hydrogen-bond acceptors (Lipinski definition) is 5. The molecule has 1 amide bonds. The highest BCUT2D eigenvalue weighted by Crippen LogP contribution is 2.34. The van der Waals surface area contributed by atoms with E-state index in [-0.39, 0.29) is 31.0 Å². The maximum absolute atomic E-state index is 12.8. The molecule has 0 atom stereocenters. The number of carbonyl (C=O) groups excluding carboxylic acids is 2. The minimum absolute atomic E-state index is 0.124. The second-order valence-corrected chi connectivity index (χ2v) is 7.58. The summed E-state index contributed by atoms with van der Waals surface area (Å²) in [6.07, 6.45) is 0.0870. The summed E-state index contributed by atoms with van der Waals surface area (Å²) in [5.41, 5.74) is 1.94. The monoisotopic (exact) mass is 425 g/mol. The van der Waals surface area contributed by atoms with Crippen molar-refractivity contribution >= 4 is 17.8 Å². The van der Waals surface area contributed by atoms with E-state index in [0.29, 0.717) is 36.3 Å². The summed E-state index contributed by atoms with van der Waals surface area (Å²) in [6.45, 7) is 4.45. The molecule has 1 aliphatic heterocycles. The maximum atomic E-state index is 12.8. The zero-order chi connectivity index (χ0) is 22.4. The van der Waals surface area contributed by atoms with E-state index in [1.807, 2.05) is 30.3 Å². The van der Waals surface area contributed by atoms with Crippen LogP contribution in [0.3, 0.4) is 0 Å². The number of ketones is 1. The van der Waals surface area contributed by atoms with E-state index in [0.717, 1.165) is 5.56 Å². The fourth-order valence-corrected chi connectivity index (χ4v) is 3.60. The third-order valence-corrected chi connectivity index (χ3v) is 5.52. The predicted octanol–water partition coefficient (Wildman–Crippen LogP) is 4.46. The van der Waals surface area contributed by atoms with Gasteiger partial charge in [0.2, 0.25) is 0 Å². The summed E-state index contributed by atoms with van der Waals surface area (Å²) in [6, 6.07) is 13.1. The van der Waals surface area contributed by atoms with Crippen LogP contribution in [-0.4, -0.2) is 40.9 Å². The lowest BCUT2D eigenvalue weighted by atomic mass is 9.97. The first-order valence-corrected chi connectivity index (χ1v) is 10.4. The molecule has 0 spiro atoms. The molecule has 0 radical (unpaired) electrons. The second kappa shape index (κ2) is 10.1. The topological polar surface area (TPSA) is 93.1 Å². The molecule has 3 rings (SSSR count). The third kappa shape index (κ3) is 5.42. The van der Waals surface area contributed by atoms with Gasteiger partial charge in [-0.15, -0.1) is 0 Å². The molecule has 1 heterocycles. The van der Waals surface area contributed by atoms with E-state index in [2.05, 4.69) is 0 Å². The van der Waals surface area contributed by atoms with Crippen molar-refractivity contribution < 1.29 is 29.0 Å². The standard InChI is InChI=1S/C24H27NO6/c1-3-20(26)19-9-10-21(30-15-17-7-5-4-6-8-17)16(2)22(19)31-23(27)18-11-13-25(14-12-18)24(28)29/h4-10,18H,3,11-15H2,1-2H3,(H,28,29). The lowest BCUT2D eigenvalue weighted by Gasteiger charge is -2.29. The molecule has 1 saturated heterocycles. The summed E-state index contributed by atoms with van der Waals surface area (Å²) in [5.74, 6) is -0.212. The molecule has 7 nitrogen and oxygen atoms in total. The Labute approximate surface area is 181 Å². The lowest BCUT2D eigenvalue weighted by Crippen LogP contribution is -2.40. The predicted molar refractivity (Wildman–Crippen MR) is 115 cm³/mol. The Morgan fingerprint density at radius 1 is 1.06 bits per heavy atom. The number of carbonyl (C=O) groups is 3. The molecular formula is C24H27NO6. The van der Waals surface area contributed by atoms with Crippen molar-refractivity contribution in [2.24, 2.45) is 5.92 Å². The van der Waals surface area contributed by atoms with Gasteiger partial charge in [0.25, 0.3) is 0 Å². The van der Waals surface area contributed by atoms with Crippen molar-refractivity contribution in [2.45, 2.75) is 39.7 Å². The van der Waals surface area contributed by atoms with Crippen molar-refractivity contribution in [1.82, 2.24) is 4.90 Å². The van der Waals surface area contributed by atoms with Crippen LogP contribution >= 0.6 is 0 Å². The first-order chi connectivity index (χ1) is 14.9. The minimum Gasteiger partial charge on any atom is -0.488 e. The zero-order valence-electron chi connectivity index (χ0n) is 17.8. The number of ether oxygens (including phenoxy) is 2. The van der Waals surface area contributed by atoms with Gasteiger partial charge in [0.1, 0.15) is 18.1 Å². The number of benzene rings is 2. The molecule has 1 fully saturated rings. The smallest absolute Gasteiger partial charge is 0.407 e. The molecule has 164 valence electrons. The molecule has 0 bridgehead atoms. The lowest BCUT2D eigenvalue weighted by molar-refractivity contribution is -0.140. The van der Waals surface area contributed by atoms with E-state index < -0.39 is 18.0 Å². The Morgan fingerprint density at radius 3 is 2.35 bits per heavy atom. The second-order valence-electron chi connectivity index (χ2n) is 7.58.